The van der Waals surface area contributed by atoms with E-state index in [1.165, 1.54) is 0 Å². The van der Waals surface area contributed by atoms with Crippen LogP contribution >= 0.6 is 0 Å². The lowest BCUT2D eigenvalue weighted by Crippen LogP contribution is -2.23. The van der Waals surface area contributed by atoms with Gasteiger partial charge in [-0.15, -0.1) is 0 Å². The minimum Gasteiger partial charge on any atom is -0.378 e. The zero-order valence-electron chi connectivity index (χ0n) is 16.0. The molecule has 0 aliphatic rings. The average Bonchev–Trinajstić information content (AvgIpc) is 3.03. The first-order valence-corrected chi connectivity index (χ1v) is 9.19. The van der Waals surface area contributed by atoms with Gasteiger partial charge < -0.3 is 9.47 Å². The van der Waals surface area contributed by atoms with Crippen LogP contribution in [0, 0.1) is 0 Å². The van der Waals surface area contributed by atoms with Gasteiger partial charge in [-0.3, -0.25) is 4.79 Å². The number of nitrogens with zero attached hydrogens (tertiary/aromatic N) is 3. The van der Waals surface area contributed by atoms with Gasteiger partial charge in [0.25, 0.3) is 5.91 Å². The van der Waals surface area contributed by atoms with Crippen molar-refractivity contribution in [3.63, 3.8) is 0 Å². The maximum Gasteiger partial charge on any atom is 0.260 e. The van der Waals surface area contributed by atoms with Gasteiger partial charge in [-0.1, -0.05) is 48.5 Å². The van der Waals surface area contributed by atoms with Crippen LogP contribution in [-0.4, -0.2) is 30.8 Å². The maximum absolute atomic E-state index is 12.5. The molecule has 0 spiro atoms. The fourth-order valence-electron chi connectivity index (χ4n) is 3.39. The second kappa shape index (κ2) is 7.56. The number of fused-ring (bicyclic) bond motifs is 3. The van der Waals surface area contributed by atoms with E-state index < -0.39 is 0 Å². The Kier molecular flexibility index (Phi) is 4.81. The summed E-state index contributed by atoms with van der Waals surface area (Å²) < 4.78 is 2.03. The van der Waals surface area contributed by atoms with Gasteiger partial charge in [-0.2, -0.15) is 5.10 Å². The predicted octanol–water partition coefficient (Wildman–Crippen LogP) is 4.01. The van der Waals surface area contributed by atoms with E-state index in [0.29, 0.717) is 0 Å². The Balaban J connectivity index is 1.51. The molecule has 0 atom stereocenters. The van der Waals surface area contributed by atoms with Crippen molar-refractivity contribution in [3.05, 3.63) is 78.4 Å². The molecule has 0 unspecified atom stereocenters. The van der Waals surface area contributed by atoms with Crippen molar-refractivity contribution in [2.24, 2.45) is 5.10 Å². The van der Waals surface area contributed by atoms with Crippen LogP contribution < -0.4 is 10.3 Å². The third kappa shape index (κ3) is 3.47. The standard InChI is InChI=1S/C23H22N4O/c1-26(2)18-13-11-17(12-14-18)15-24-25-23(28)16-27-21-9-5-3-7-19(21)20-8-4-6-10-22(20)27/h3-15H,16H2,1-2H3,(H,25,28)/b24-15-. The van der Waals surface area contributed by atoms with Crippen LogP contribution in [0.15, 0.2) is 77.9 Å². The molecular weight excluding hydrogens is 348 g/mol. The van der Waals surface area contributed by atoms with Crippen LogP contribution in [0.1, 0.15) is 5.56 Å². The third-order valence-electron chi connectivity index (χ3n) is 4.79. The number of para-hydroxylation sites is 2. The van der Waals surface area contributed by atoms with Crippen molar-refractivity contribution in [2.75, 3.05) is 19.0 Å². The van der Waals surface area contributed by atoms with Gasteiger partial charge in [0.05, 0.1) is 6.21 Å². The predicted molar refractivity (Wildman–Crippen MR) is 116 cm³/mol. The van der Waals surface area contributed by atoms with Crippen molar-refractivity contribution in [2.45, 2.75) is 6.54 Å². The van der Waals surface area contributed by atoms with Crippen molar-refractivity contribution in [1.82, 2.24) is 9.99 Å². The lowest BCUT2D eigenvalue weighted by molar-refractivity contribution is -0.121. The quantitative estimate of drug-likeness (QED) is 0.426. The number of benzene rings is 3. The van der Waals surface area contributed by atoms with E-state index in [2.05, 4.69) is 22.7 Å². The summed E-state index contributed by atoms with van der Waals surface area (Å²) in [5.41, 5.74) is 6.77. The van der Waals surface area contributed by atoms with E-state index in [1.807, 2.05) is 84.2 Å². The molecule has 140 valence electrons. The molecule has 0 fully saturated rings. The number of aromatic nitrogens is 1. The molecule has 5 nitrogen and oxygen atoms in total. The monoisotopic (exact) mass is 370 g/mol. The summed E-state index contributed by atoms with van der Waals surface area (Å²) >= 11 is 0. The lowest BCUT2D eigenvalue weighted by atomic mass is 10.2. The molecular formula is C23H22N4O. The second-order valence-corrected chi connectivity index (χ2v) is 6.90. The largest absolute Gasteiger partial charge is 0.378 e. The highest BCUT2D eigenvalue weighted by atomic mass is 16.2. The number of carbonyl (C=O) groups is 1. The number of hydrogen-bond acceptors (Lipinski definition) is 3. The van der Waals surface area contributed by atoms with Crippen LogP contribution in [0.4, 0.5) is 5.69 Å². The Hall–Kier alpha value is -3.60. The molecule has 0 bridgehead atoms. The summed E-state index contributed by atoms with van der Waals surface area (Å²) in [5, 5.41) is 6.40. The summed E-state index contributed by atoms with van der Waals surface area (Å²) in [6.07, 6.45) is 1.66. The Morgan fingerprint density at radius 2 is 1.50 bits per heavy atom. The molecule has 28 heavy (non-hydrogen) atoms. The number of carbonyl (C=O) groups excluding carboxylic acids is 1. The highest BCUT2D eigenvalue weighted by Crippen LogP contribution is 2.28. The topological polar surface area (TPSA) is 49.6 Å². The molecule has 0 saturated heterocycles. The van der Waals surface area contributed by atoms with Gasteiger partial charge in [0.1, 0.15) is 6.54 Å². The second-order valence-electron chi connectivity index (χ2n) is 6.90. The molecule has 0 radical (unpaired) electrons. The summed E-state index contributed by atoms with van der Waals surface area (Å²) in [6.45, 7) is 0.213. The minimum atomic E-state index is -0.160. The first kappa shape index (κ1) is 17.8. The summed E-state index contributed by atoms with van der Waals surface area (Å²) in [4.78, 5) is 14.5. The first-order valence-electron chi connectivity index (χ1n) is 9.19. The molecule has 3 aromatic carbocycles. The van der Waals surface area contributed by atoms with Crippen LogP contribution in [-0.2, 0) is 11.3 Å². The Bertz CT molecular complexity index is 1100. The van der Waals surface area contributed by atoms with Gasteiger partial charge in [-0.05, 0) is 29.8 Å². The summed E-state index contributed by atoms with van der Waals surface area (Å²) in [5.74, 6) is -0.160. The van der Waals surface area contributed by atoms with Gasteiger partial charge in [0.15, 0.2) is 0 Å². The van der Waals surface area contributed by atoms with Crippen molar-refractivity contribution in [1.29, 1.82) is 0 Å². The van der Waals surface area contributed by atoms with Crippen LogP contribution in [0.25, 0.3) is 21.8 Å². The van der Waals surface area contributed by atoms with Gasteiger partial charge in [-0.25, -0.2) is 5.43 Å². The normalized spacial score (nSPS) is 11.4. The van der Waals surface area contributed by atoms with Crippen molar-refractivity contribution < 1.29 is 4.79 Å². The van der Waals surface area contributed by atoms with E-state index in [-0.39, 0.29) is 12.5 Å². The number of nitrogens with one attached hydrogen (secondary N) is 1. The van der Waals surface area contributed by atoms with Crippen molar-refractivity contribution in [3.8, 4) is 0 Å². The van der Waals surface area contributed by atoms with Crippen LogP contribution in [0.3, 0.4) is 0 Å². The zero-order chi connectivity index (χ0) is 19.5. The molecule has 1 amide bonds. The number of hydrogen-bond donors (Lipinski definition) is 1. The molecule has 1 aromatic heterocycles. The van der Waals surface area contributed by atoms with Crippen LogP contribution in [0.2, 0.25) is 0 Å². The Labute approximate surface area is 163 Å². The number of amides is 1. The summed E-state index contributed by atoms with van der Waals surface area (Å²) in [7, 11) is 4.00. The number of rotatable bonds is 5. The zero-order valence-corrected chi connectivity index (χ0v) is 16.0. The molecule has 0 aliphatic carbocycles. The highest BCUT2D eigenvalue weighted by Gasteiger charge is 2.12. The minimum absolute atomic E-state index is 0.160. The molecule has 0 aliphatic heterocycles. The third-order valence-corrected chi connectivity index (χ3v) is 4.79. The molecule has 4 aromatic rings. The van der Waals surface area contributed by atoms with E-state index in [4.69, 9.17) is 0 Å². The molecule has 1 heterocycles. The van der Waals surface area contributed by atoms with Crippen LogP contribution in [0.5, 0.6) is 0 Å². The molecule has 1 N–H and O–H groups in total. The smallest absolute Gasteiger partial charge is 0.260 e. The van der Waals surface area contributed by atoms with Gasteiger partial charge in [0, 0.05) is 41.6 Å². The molecule has 0 saturated carbocycles. The van der Waals surface area contributed by atoms with E-state index >= 15 is 0 Å². The van der Waals surface area contributed by atoms with Gasteiger partial charge >= 0.3 is 0 Å². The summed E-state index contributed by atoms with van der Waals surface area (Å²) in [6, 6.07) is 24.2. The first-order chi connectivity index (χ1) is 13.6. The number of anilines is 1. The lowest BCUT2D eigenvalue weighted by Gasteiger charge is -2.11. The number of hydrazone groups is 1. The fraction of sp³-hybridized carbons (Fsp3) is 0.130. The molecule has 4 rings (SSSR count). The van der Waals surface area contributed by atoms with Gasteiger partial charge in [0.2, 0.25) is 0 Å². The maximum atomic E-state index is 12.5. The average molecular weight is 370 g/mol. The highest BCUT2D eigenvalue weighted by molar-refractivity contribution is 6.08. The molecule has 5 heteroatoms. The Morgan fingerprint density at radius 1 is 0.929 bits per heavy atom. The SMILES string of the molecule is CN(C)c1ccc(/C=N\NC(=O)Cn2c3ccccc3c3ccccc32)cc1. The Morgan fingerprint density at radius 3 is 2.07 bits per heavy atom. The van der Waals surface area contributed by atoms with E-state index in [0.717, 1.165) is 33.1 Å². The fourth-order valence-corrected chi connectivity index (χ4v) is 3.39. The van der Waals surface area contributed by atoms with E-state index in [9.17, 15) is 4.79 Å². The van der Waals surface area contributed by atoms with E-state index in [1.54, 1.807) is 6.21 Å². The van der Waals surface area contributed by atoms with Crippen molar-refractivity contribution >= 4 is 39.6 Å².